The van der Waals surface area contributed by atoms with Crippen molar-refractivity contribution in [1.82, 2.24) is 10.2 Å². The lowest BCUT2D eigenvalue weighted by atomic mass is 9.95. The zero-order valence-corrected chi connectivity index (χ0v) is 12.3. The number of nitrogens with one attached hydrogen (secondary N) is 1. The van der Waals surface area contributed by atoms with Gasteiger partial charge in [0.2, 0.25) is 5.91 Å². The number of halogens is 3. The van der Waals surface area contributed by atoms with E-state index in [2.05, 4.69) is 10.1 Å². The Morgan fingerprint density at radius 3 is 2.41 bits per heavy atom. The van der Waals surface area contributed by atoms with Crippen molar-refractivity contribution >= 4 is 12.0 Å². The molecule has 22 heavy (non-hydrogen) atoms. The summed E-state index contributed by atoms with van der Waals surface area (Å²) in [6.45, 7) is -1.38. The van der Waals surface area contributed by atoms with Crippen molar-refractivity contribution in [2.24, 2.45) is 0 Å². The van der Waals surface area contributed by atoms with Crippen molar-refractivity contribution in [3.8, 4) is 0 Å². The molecule has 126 valence electrons. The number of rotatable bonds is 3. The molecule has 0 spiro atoms. The summed E-state index contributed by atoms with van der Waals surface area (Å²) >= 11 is 0. The predicted octanol–water partition coefficient (Wildman–Crippen LogP) is 2.60. The molecule has 1 aliphatic heterocycles. The summed E-state index contributed by atoms with van der Waals surface area (Å²) in [5.41, 5.74) is 0. The predicted molar refractivity (Wildman–Crippen MR) is 72.1 cm³/mol. The number of nitrogens with zero attached hydrogens (tertiary/aromatic N) is 1. The fourth-order valence-electron chi connectivity index (χ4n) is 3.03. The Kier molecular flexibility index (Phi) is 5.52. The lowest BCUT2D eigenvalue weighted by Gasteiger charge is -2.28. The highest BCUT2D eigenvalue weighted by Crippen LogP contribution is 2.22. The Bertz CT molecular complexity index is 409. The quantitative estimate of drug-likeness (QED) is 0.869. The second-order valence-electron chi connectivity index (χ2n) is 5.86. The van der Waals surface area contributed by atoms with Crippen molar-refractivity contribution in [2.75, 3.05) is 13.2 Å². The largest absolute Gasteiger partial charge is 0.440 e. The molecule has 1 unspecified atom stereocenters. The van der Waals surface area contributed by atoms with Gasteiger partial charge in [0.25, 0.3) is 0 Å². The molecule has 2 amide bonds. The van der Waals surface area contributed by atoms with E-state index in [9.17, 15) is 22.8 Å². The van der Waals surface area contributed by atoms with E-state index in [1.807, 2.05) is 0 Å². The summed E-state index contributed by atoms with van der Waals surface area (Å²) in [4.78, 5) is 25.1. The van der Waals surface area contributed by atoms with Crippen LogP contribution in [0.5, 0.6) is 0 Å². The van der Waals surface area contributed by atoms with E-state index in [1.54, 1.807) is 0 Å². The van der Waals surface area contributed by atoms with E-state index in [0.29, 0.717) is 12.8 Å². The van der Waals surface area contributed by atoms with Gasteiger partial charge in [-0.05, 0) is 25.7 Å². The van der Waals surface area contributed by atoms with E-state index < -0.39 is 24.9 Å². The van der Waals surface area contributed by atoms with Crippen LogP contribution >= 0.6 is 0 Å². The zero-order valence-electron chi connectivity index (χ0n) is 12.3. The van der Waals surface area contributed by atoms with Crippen LogP contribution in [0.3, 0.4) is 0 Å². The van der Waals surface area contributed by atoms with E-state index >= 15 is 0 Å². The molecule has 2 aliphatic rings. The van der Waals surface area contributed by atoms with Gasteiger partial charge in [0.1, 0.15) is 6.04 Å². The van der Waals surface area contributed by atoms with Crippen LogP contribution in [-0.2, 0) is 9.53 Å². The van der Waals surface area contributed by atoms with Crippen molar-refractivity contribution in [1.29, 1.82) is 0 Å². The Hall–Kier alpha value is -1.47. The highest BCUT2D eigenvalue weighted by atomic mass is 19.4. The molecule has 1 aliphatic carbocycles. The zero-order chi connectivity index (χ0) is 16.2. The molecule has 0 bridgehead atoms. The van der Waals surface area contributed by atoms with Gasteiger partial charge in [-0.15, -0.1) is 0 Å². The van der Waals surface area contributed by atoms with E-state index in [-0.39, 0.29) is 18.5 Å². The fourth-order valence-corrected chi connectivity index (χ4v) is 3.03. The van der Waals surface area contributed by atoms with Crippen molar-refractivity contribution in [3.63, 3.8) is 0 Å². The smallest absolute Gasteiger partial charge is 0.422 e. The van der Waals surface area contributed by atoms with Gasteiger partial charge in [-0.25, -0.2) is 4.79 Å². The van der Waals surface area contributed by atoms with Crippen LogP contribution < -0.4 is 5.32 Å². The van der Waals surface area contributed by atoms with Gasteiger partial charge in [0.15, 0.2) is 6.61 Å². The second kappa shape index (κ2) is 7.19. The summed E-state index contributed by atoms with van der Waals surface area (Å²) in [6.07, 6.45) is 0.525. The number of hydrogen-bond donors (Lipinski definition) is 1. The molecule has 1 N–H and O–H groups in total. The molecule has 2 rings (SSSR count). The molecule has 1 saturated heterocycles. The molecular weight excluding hydrogens is 301 g/mol. The van der Waals surface area contributed by atoms with E-state index in [4.69, 9.17) is 0 Å². The number of amides is 2. The number of carbonyl (C=O) groups excluding carboxylic acids is 2. The van der Waals surface area contributed by atoms with Crippen LogP contribution in [0.25, 0.3) is 0 Å². The lowest BCUT2D eigenvalue weighted by molar-refractivity contribution is -0.162. The Morgan fingerprint density at radius 2 is 1.77 bits per heavy atom. The molecule has 5 nitrogen and oxygen atoms in total. The third kappa shape index (κ3) is 4.78. The summed E-state index contributed by atoms with van der Waals surface area (Å²) in [7, 11) is 0. The van der Waals surface area contributed by atoms with Crippen LogP contribution in [0.1, 0.15) is 44.9 Å². The van der Waals surface area contributed by atoms with Gasteiger partial charge in [-0.1, -0.05) is 19.3 Å². The minimum atomic E-state index is -4.56. The Morgan fingerprint density at radius 1 is 1.09 bits per heavy atom. The first-order chi connectivity index (χ1) is 10.4. The second-order valence-corrected chi connectivity index (χ2v) is 5.86. The molecule has 0 aromatic carbocycles. The van der Waals surface area contributed by atoms with Crippen molar-refractivity contribution in [2.45, 2.75) is 63.2 Å². The molecule has 2 fully saturated rings. The van der Waals surface area contributed by atoms with Crippen molar-refractivity contribution in [3.05, 3.63) is 0 Å². The number of likely N-dealkylation sites (tertiary alicyclic amines) is 1. The number of hydrogen-bond acceptors (Lipinski definition) is 3. The first kappa shape index (κ1) is 16.9. The highest BCUT2D eigenvalue weighted by Gasteiger charge is 2.38. The van der Waals surface area contributed by atoms with Gasteiger partial charge in [0, 0.05) is 12.6 Å². The maximum atomic E-state index is 12.2. The lowest BCUT2D eigenvalue weighted by Crippen LogP contribution is -2.49. The molecule has 1 saturated carbocycles. The van der Waals surface area contributed by atoms with Gasteiger partial charge in [-0.3, -0.25) is 9.69 Å². The molecule has 0 aromatic rings. The average Bonchev–Trinajstić information content (AvgIpc) is 2.94. The highest BCUT2D eigenvalue weighted by molar-refractivity contribution is 5.86. The first-order valence-corrected chi connectivity index (χ1v) is 7.67. The number of carbonyl (C=O) groups is 2. The topological polar surface area (TPSA) is 58.6 Å². The molecule has 8 heteroatoms. The number of alkyl halides is 3. The maximum absolute atomic E-state index is 12.2. The summed E-state index contributed by atoms with van der Waals surface area (Å²) in [5, 5.41) is 2.91. The molecule has 1 atom stereocenters. The van der Waals surface area contributed by atoms with Crippen LogP contribution in [0.2, 0.25) is 0 Å². The summed E-state index contributed by atoms with van der Waals surface area (Å²) in [6, 6.07) is -0.613. The fraction of sp³-hybridized carbons (Fsp3) is 0.857. The van der Waals surface area contributed by atoms with Crippen LogP contribution in [0.15, 0.2) is 0 Å². The third-order valence-electron chi connectivity index (χ3n) is 4.10. The van der Waals surface area contributed by atoms with Crippen molar-refractivity contribution < 1.29 is 27.5 Å². The molecule has 0 aromatic heterocycles. The molecular formula is C14H21F3N2O3. The Balaban J connectivity index is 1.86. The minimum Gasteiger partial charge on any atom is -0.440 e. The van der Waals surface area contributed by atoms with Crippen LogP contribution in [0.4, 0.5) is 18.0 Å². The SMILES string of the molecule is O=C(NC1CCCCC1)C1CCCN1C(=O)OCC(F)(F)F. The number of ether oxygens (including phenoxy) is 1. The minimum absolute atomic E-state index is 0.106. The van der Waals surface area contributed by atoms with Gasteiger partial charge >= 0.3 is 12.3 Å². The maximum Gasteiger partial charge on any atom is 0.422 e. The van der Waals surface area contributed by atoms with Gasteiger partial charge in [0.05, 0.1) is 0 Å². The summed E-state index contributed by atoms with van der Waals surface area (Å²) in [5.74, 6) is -0.284. The standard InChI is InChI=1S/C14H21F3N2O3/c15-14(16,17)9-22-13(21)19-8-4-7-11(19)12(20)18-10-5-2-1-3-6-10/h10-11H,1-9H2,(H,18,20). The van der Waals surface area contributed by atoms with Gasteiger partial charge < -0.3 is 10.1 Å². The molecule has 1 heterocycles. The third-order valence-corrected chi connectivity index (χ3v) is 4.10. The summed E-state index contributed by atoms with van der Waals surface area (Å²) < 4.78 is 40.5. The van der Waals surface area contributed by atoms with Crippen LogP contribution in [-0.4, -0.2) is 48.3 Å². The Labute approximate surface area is 127 Å². The van der Waals surface area contributed by atoms with Crippen LogP contribution in [0, 0.1) is 0 Å². The van der Waals surface area contributed by atoms with Gasteiger partial charge in [-0.2, -0.15) is 13.2 Å². The average molecular weight is 322 g/mol. The normalized spacial score (nSPS) is 23.4. The van der Waals surface area contributed by atoms with E-state index in [0.717, 1.165) is 37.0 Å². The van der Waals surface area contributed by atoms with E-state index in [1.165, 1.54) is 0 Å². The monoisotopic (exact) mass is 322 g/mol. The first-order valence-electron chi connectivity index (χ1n) is 7.67. The molecule has 0 radical (unpaired) electrons.